The van der Waals surface area contributed by atoms with Crippen molar-refractivity contribution in [3.8, 4) is 0 Å². The van der Waals surface area contributed by atoms with Gasteiger partial charge in [-0.05, 0) is 24.1 Å². The summed E-state index contributed by atoms with van der Waals surface area (Å²) in [5, 5.41) is 0.163. The number of benzene rings is 1. The molecule has 0 saturated heterocycles. The SMILES string of the molecule is COCCCN1C(=O)C(SC(C)C)=C(c2ccc(F)cc2)C1=O. The molecule has 124 valence electrons. The van der Waals surface area contributed by atoms with Gasteiger partial charge in [-0.15, -0.1) is 11.8 Å². The van der Waals surface area contributed by atoms with Crippen LogP contribution in [0.25, 0.3) is 5.57 Å². The minimum absolute atomic E-state index is 0.163. The Bertz CT molecular complexity index is 625. The van der Waals surface area contributed by atoms with Crippen molar-refractivity contribution in [2.45, 2.75) is 25.5 Å². The molecule has 0 N–H and O–H groups in total. The smallest absolute Gasteiger partial charge is 0.267 e. The average Bonchev–Trinajstić information content (AvgIpc) is 2.72. The fourth-order valence-corrected chi connectivity index (χ4v) is 3.35. The van der Waals surface area contributed by atoms with Crippen LogP contribution in [-0.2, 0) is 14.3 Å². The number of rotatable bonds is 7. The molecule has 0 radical (unpaired) electrons. The van der Waals surface area contributed by atoms with Crippen molar-refractivity contribution >= 4 is 29.1 Å². The lowest BCUT2D eigenvalue weighted by Crippen LogP contribution is -2.33. The van der Waals surface area contributed by atoms with E-state index in [0.717, 1.165) is 0 Å². The summed E-state index contributed by atoms with van der Waals surface area (Å²) in [5.41, 5.74) is 0.938. The molecule has 4 nitrogen and oxygen atoms in total. The zero-order valence-electron chi connectivity index (χ0n) is 13.5. The van der Waals surface area contributed by atoms with Gasteiger partial charge in [0.25, 0.3) is 11.8 Å². The third kappa shape index (κ3) is 4.00. The van der Waals surface area contributed by atoms with Gasteiger partial charge in [-0.3, -0.25) is 14.5 Å². The highest BCUT2D eigenvalue weighted by Gasteiger charge is 2.39. The highest BCUT2D eigenvalue weighted by atomic mass is 32.2. The Labute approximate surface area is 139 Å². The molecule has 0 spiro atoms. The summed E-state index contributed by atoms with van der Waals surface area (Å²) >= 11 is 1.37. The first-order valence-electron chi connectivity index (χ1n) is 7.47. The van der Waals surface area contributed by atoms with E-state index in [2.05, 4.69) is 0 Å². The lowest BCUT2D eigenvalue weighted by Gasteiger charge is -2.14. The summed E-state index contributed by atoms with van der Waals surface area (Å²) in [5.74, 6) is -0.967. The molecule has 1 aromatic rings. The summed E-state index contributed by atoms with van der Waals surface area (Å²) in [4.78, 5) is 27.0. The lowest BCUT2D eigenvalue weighted by atomic mass is 10.1. The zero-order valence-corrected chi connectivity index (χ0v) is 14.3. The lowest BCUT2D eigenvalue weighted by molar-refractivity contribution is -0.136. The van der Waals surface area contributed by atoms with Gasteiger partial charge in [0, 0.05) is 25.5 Å². The Kier molecular flexibility index (Phi) is 5.96. The van der Waals surface area contributed by atoms with Gasteiger partial charge in [-0.25, -0.2) is 4.39 Å². The Morgan fingerprint density at radius 2 is 1.83 bits per heavy atom. The van der Waals surface area contributed by atoms with Crippen LogP contribution < -0.4 is 0 Å². The Hall–Kier alpha value is -1.66. The maximum Gasteiger partial charge on any atom is 0.267 e. The van der Waals surface area contributed by atoms with E-state index in [1.165, 1.54) is 40.9 Å². The number of amides is 2. The minimum atomic E-state index is -0.374. The van der Waals surface area contributed by atoms with Crippen molar-refractivity contribution in [2.75, 3.05) is 20.3 Å². The van der Waals surface area contributed by atoms with Crippen molar-refractivity contribution in [1.29, 1.82) is 0 Å². The molecule has 0 bridgehead atoms. The van der Waals surface area contributed by atoms with E-state index < -0.39 is 0 Å². The van der Waals surface area contributed by atoms with Gasteiger partial charge in [0.2, 0.25) is 0 Å². The summed E-state index contributed by atoms with van der Waals surface area (Å²) < 4.78 is 18.1. The fourth-order valence-electron chi connectivity index (χ4n) is 2.34. The Morgan fingerprint density at radius 3 is 2.39 bits per heavy atom. The third-order valence-electron chi connectivity index (χ3n) is 3.34. The van der Waals surface area contributed by atoms with E-state index >= 15 is 0 Å². The Balaban J connectivity index is 2.35. The number of carbonyl (C=O) groups is 2. The number of ether oxygens (including phenoxy) is 1. The van der Waals surface area contributed by atoms with Crippen LogP contribution in [0.2, 0.25) is 0 Å². The number of hydrogen-bond acceptors (Lipinski definition) is 4. The van der Waals surface area contributed by atoms with E-state index in [1.54, 1.807) is 7.11 Å². The number of thioether (sulfide) groups is 1. The first-order valence-corrected chi connectivity index (χ1v) is 8.35. The number of imide groups is 1. The minimum Gasteiger partial charge on any atom is -0.385 e. The largest absolute Gasteiger partial charge is 0.385 e. The fraction of sp³-hybridized carbons (Fsp3) is 0.412. The molecule has 0 aromatic heterocycles. The van der Waals surface area contributed by atoms with Crippen LogP contribution >= 0.6 is 11.8 Å². The second-order valence-corrected chi connectivity index (χ2v) is 7.07. The standard InChI is InChI=1S/C17H20FNO3S/c1-11(2)23-15-14(12-5-7-13(18)8-6-12)16(20)19(17(15)21)9-4-10-22-3/h5-8,11H,4,9-10H2,1-3H3. The summed E-state index contributed by atoms with van der Waals surface area (Å²) in [6.07, 6.45) is 0.588. The first kappa shape index (κ1) is 17.7. The number of methoxy groups -OCH3 is 1. The van der Waals surface area contributed by atoms with Gasteiger partial charge < -0.3 is 4.74 Å². The molecule has 6 heteroatoms. The second kappa shape index (κ2) is 7.75. The predicted molar refractivity (Wildman–Crippen MR) is 89.3 cm³/mol. The molecule has 0 aliphatic carbocycles. The van der Waals surface area contributed by atoms with Crippen molar-refractivity contribution < 1.29 is 18.7 Å². The number of hydrogen-bond donors (Lipinski definition) is 0. The quantitative estimate of drug-likeness (QED) is 0.567. The summed E-state index contributed by atoms with van der Waals surface area (Å²) in [6, 6.07) is 5.67. The second-order valence-electron chi connectivity index (χ2n) is 5.49. The molecule has 2 amide bonds. The average molecular weight is 337 g/mol. The molecule has 0 saturated carbocycles. The molecule has 2 rings (SSSR count). The van der Waals surface area contributed by atoms with E-state index in [9.17, 15) is 14.0 Å². The van der Waals surface area contributed by atoms with Gasteiger partial charge >= 0.3 is 0 Å². The van der Waals surface area contributed by atoms with Crippen LogP contribution in [-0.4, -0.2) is 42.2 Å². The van der Waals surface area contributed by atoms with Crippen LogP contribution in [0, 0.1) is 5.82 Å². The van der Waals surface area contributed by atoms with Crippen molar-refractivity contribution in [3.05, 3.63) is 40.6 Å². The molecule has 23 heavy (non-hydrogen) atoms. The molecule has 0 atom stereocenters. The van der Waals surface area contributed by atoms with E-state index in [1.807, 2.05) is 13.8 Å². The molecule has 0 unspecified atom stereocenters. The van der Waals surface area contributed by atoms with Gasteiger partial charge in [0.05, 0.1) is 10.5 Å². The number of nitrogens with zero attached hydrogens (tertiary/aromatic N) is 1. The monoisotopic (exact) mass is 337 g/mol. The summed E-state index contributed by atoms with van der Waals surface area (Å²) in [6.45, 7) is 4.73. The van der Waals surface area contributed by atoms with Gasteiger partial charge in [-0.2, -0.15) is 0 Å². The van der Waals surface area contributed by atoms with E-state index in [-0.39, 0.29) is 22.9 Å². The molecular formula is C17H20FNO3S. The van der Waals surface area contributed by atoms with Crippen molar-refractivity contribution in [1.82, 2.24) is 4.90 Å². The van der Waals surface area contributed by atoms with Crippen LogP contribution in [0.1, 0.15) is 25.8 Å². The third-order valence-corrected chi connectivity index (χ3v) is 4.43. The van der Waals surface area contributed by atoms with Gasteiger partial charge in [0.15, 0.2) is 0 Å². The zero-order chi connectivity index (χ0) is 17.0. The van der Waals surface area contributed by atoms with Crippen LogP contribution in [0.3, 0.4) is 0 Å². The summed E-state index contributed by atoms with van der Waals surface area (Å²) in [7, 11) is 1.58. The maximum atomic E-state index is 13.1. The first-order chi connectivity index (χ1) is 11.0. The van der Waals surface area contributed by atoms with Crippen LogP contribution in [0.4, 0.5) is 4.39 Å². The van der Waals surface area contributed by atoms with Gasteiger partial charge in [0.1, 0.15) is 5.82 Å². The topological polar surface area (TPSA) is 46.6 Å². The maximum absolute atomic E-state index is 13.1. The van der Waals surface area contributed by atoms with E-state index in [0.29, 0.717) is 35.6 Å². The normalized spacial score (nSPS) is 15.3. The van der Waals surface area contributed by atoms with Crippen molar-refractivity contribution in [2.24, 2.45) is 0 Å². The molecule has 1 aliphatic rings. The molecule has 1 aromatic carbocycles. The molecular weight excluding hydrogens is 317 g/mol. The highest BCUT2D eigenvalue weighted by molar-refractivity contribution is 8.04. The highest BCUT2D eigenvalue weighted by Crippen LogP contribution is 2.37. The molecule has 0 fully saturated rings. The number of halogens is 1. The number of carbonyl (C=O) groups excluding carboxylic acids is 2. The van der Waals surface area contributed by atoms with Crippen molar-refractivity contribution in [3.63, 3.8) is 0 Å². The van der Waals surface area contributed by atoms with Crippen LogP contribution in [0.5, 0.6) is 0 Å². The van der Waals surface area contributed by atoms with Crippen LogP contribution in [0.15, 0.2) is 29.2 Å². The Morgan fingerprint density at radius 1 is 1.17 bits per heavy atom. The molecule has 1 aliphatic heterocycles. The van der Waals surface area contributed by atoms with Gasteiger partial charge in [-0.1, -0.05) is 26.0 Å². The van der Waals surface area contributed by atoms with E-state index in [4.69, 9.17) is 4.74 Å². The molecule has 1 heterocycles. The predicted octanol–water partition coefficient (Wildman–Crippen LogP) is 3.08.